The number of nitro groups is 1. The van der Waals surface area contributed by atoms with Crippen LogP contribution in [0.4, 0.5) is 5.69 Å². The summed E-state index contributed by atoms with van der Waals surface area (Å²) in [6.07, 6.45) is 1.16. The second-order valence-corrected chi connectivity index (χ2v) is 5.26. The minimum Gasteiger partial charge on any atom is -0.481 e. The number of aliphatic carboxylic acids is 1. The Morgan fingerprint density at radius 3 is 2.71 bits per heavy atom. The molecule has 0 bridgehead atoms. The molecule has 1 aliphatic heterocycles. The Hall–Kier alpha value is -2.15. The molecule has 0 radical (unpaired) electrons. The van der Waals surface area contributed by atoms with E-state index in [0.717, 1.165) is 0 Å². The number of hydrogen-bond donors (Lipinski definition) is 1. The van der Waals surface area contributed by atoms with Gasteiger partial charge in [0.2, 0.25) is 0 Å². The number of hydrogen-bond acceptors (Lipinski definition) is 4. The first-order valence-corrected chi connectivity index (χ1v) is 6.74. The highest BCUT2D eigenvalue weighted by atomic mass is 35.5. The Morgan fingerprint density at radius 1 is 1.43 bits per heavy atom. The normalized spacial score (nSPS) is 18.3. The molecule has 7 nitrogen and oxygen atoms in total. The van der Waals surface area contributed by atoms with Gasteiger partial charge in [-0.1, -0.05) is 11.6 Å². The van der Waals surface area contributed by atoms with Crippen molar-refractivity contribution >= 4 is 29.2 Å². The van der Waals surface area contributed by atoms with E-state index in [1.54, 1.807) is 0 Å². The molecule has 1 aromatic carbocycles. The lowest BCUT2D eigenvalue weighted by atomic mass is 9.97. The second-order valence-electron chi connectivity index (χ2n) is 4.85. The Morgan fingerprint density at radius 2 is 2.14 bits per heavy atom. The van der Waals surface area contributed by atoms with Gasteiger partial charge in [0.15, 0.2) is 0 Å². The number of nitro benzene ring substituents is 1. The van der Waals surface area contributed by atoms with E-state index in [0.29, 0.717) is 19.4 Å². The minimum atomic E-state index is -0.922. The standard InChI is InChI=1S/C13H13ClN2O5/c14-10-6-8(3-4-11(10)16(20)21)12(17)15-5-1-2-9(7-15)13(18)19/h3-4,6,9H,1-2,5,7H2,(H,18,19)/t9-/m1/s1. The van der Waals surface area contributed by atoms with Gasteiger partial charge < -0.3 is 10.0 Å². The van der Waals surface area contributed by atoms with Crippen LogP contribution in [-0.4, -0.2) is 39.9 Å². The molecule has 0 aromatic heterocycles. The molecule has 112 valence electrons. The van der Waals surface area contributed by atoms with Crippen LogP contribution in [0.15, 0.2) is 18.2 Å². The number of carboxylic acid groups (broad SMARTS) is 1. The molecule has 21 heavy (non-hydrogen) atoms. The number of piperidine rings is 1. The van der Waals surface area contributed by atoms with Crippen LogP contribution in [0.25, 0.3) is 0 Å². The van der Waals surface area contributed by atoms with Crippen LogP contribution in [0.2, 0.25) is 5.02 Å². The van der Waals surface area contributed by atoms with Gasteiger partial charge in [-0.3, -0.25) is 19.7 Å². The largest absolute Gasteiger partial charge is 0.481 e. The summed E-state index contributed by atoms with van der Waals surface area (Å²) in [7, 11) is 0. The lowest BCUT2D eigenvalue weighted by Crippen LogP contribution is -2.42. The van der Waals surface area contributed by atoms with Crippen molar-refractivity contribution in [2.45, 2.75) is 12.8 Å². The first-order valence-electron chi connectivity index (χ1n) is 6.36. The molecule has 0 unspecified atom stereocenters. The molecule has 0 saturated carbocycles. The topological polar surface area (TPSA) is 101 Å². The van der Waals surface area contributed by atoms with E-state index in [4.69, 9.17) is 16.7 Å². The van der Waals surface area contributed by atoms with Crippen molar-refractivity contribution in [3.8, 4) is 0 Å². The average molecular weight is 313 g/mol. The van der Waals surface area contributed by atoms with Gasteiger partial charge in [0.05, 0.1) is 10.8 Å². The molecule has 1 fully saturated rings. The SMILES string of the molecule is O=C(O)[C@@H]1CCCN(C(=O)c2ccc([N+](=O)[O-])c(Cl)c2)C1. The molecule has 8 heteroatoms. The molecule has 1 aromatic rings. The van der Waals surface area contributed by atoms with Crippen molar-refractivity contribution in [3.05, 3.63) is 38.9 Å². The second kappa shape index (κ2) is 6.09. The molecule has 0 spiro atoms. The summed E-state index contributed by atoms with van der Waals surface area (Å²) in [6.45, 7) is 0.611. The number of likely N-dealkylation sites (tertiary alicyclic amines) is 1. The summed E-state index contributed by atoms with van der Waals surface area (Å²) >= 11 is 5.78. The maximum atomic E-state index is 12.3. The van der Waals surface area contributed by atoms with Crippen LogP contribution >= 0.6 is 11.6 Å². The zero-order valence-electron chi connectivity index (χ0n) is 11.0. The van der Waals surface area contributed by atoms with Crippen molar-refractivity contribution in [2.24, 2.45) is 5.92 Å². The van der Waals surface area contributed by atoms with E-state index in [2.05, 4.69) is 0 Å². The monoisotopic (exact) mass is 312 g/mol. The van der Waals surface area contributed by atoms with Crippen LogP contribution in [-0.2, 0) is 4.79 Å². The van der Waals surface area contributed by atoms with Gasteiger partial charge in [-0.2, -0.15) is 0 Å². The number of halogens is 1. The molecule has 1 aliphatic rings. The molecule has 1 saturated heterocycles. The average Bonchev–Trinajstić information content (AvgIpc) is 2.46. The lowest BCUT2D eigenvalue weighted by Gasteiger charge is -2.30. The van der Waals surface area contributed by atoms with Crippen LogP contribution in [0.5, 0.6) is 0 Å². The van der Waals surface area contributed by atoms with E-state index in [-0.39, 0.29) is 28.7 Å². The Kier molecular flexibility index (Phi) is 4.42. The minimum absolute atomic E-state index is 0.113. The van der Waals surface area contributed by atoms with Crippen LogP contribution in [0.3, 0.4) is 0 Å². The Balaban J connectivity index is 2.18. The van der Waals surface area contributed by atoms with Crippen molar-refractivity contribution in [2.75, 3.05) is 13.1 Å². The lowest BCUT2D eigenvalue weighted by molar-refractivity contribution is -0.384. The van der Waals surface area contributed by atoms with Crippen molar-refractivity contribution in [1.82, 2.24) is 4.90 Å². The van der Waals surface area contributed by atoms with Crippen molar-refractivity contribution < 1.29 is 19.6 Å². The van der Waals surface area contributed by atoms with Gasteiger partial charge in [-0.25, -0.2) is 0 Å². The van der Waals surface area contributed by atoms with Crippen LogP contribution in [0, 0.1) is 16.0 Å². The van der Waals surface area contributed by atoms with E-state index < -0.39 is 16.8 Å². The number of carbonyl (C=O) groups excluding carboxylic acids is 1. The first-order chi connectivity index (χ1) is 9.90. The van der Waals surface area contributed by atoms with E-state index >= 15 is 0 Å². The van der Waals surface area contributed by atoms with Gasteiger partial charge in [0.25, 0.3) is 11.6 Å². The van der Waals surface area contributed by atoms with Gasteiger partial charge >= 0.3 is 5.97 Å². The number of carboxylic acids is 1. The molecule has 1 N–H and O–H groups in total. The van der Waals surface area contributed by atoms with E-state index in [9.17, 15) is 19.7 Å². The van der Waals surface area contributed by atoms with Gasteiger partial charge in [0, 0.05) is 24.7 Å². The summed E-state index contributed by atoms with van der Waals surface area (Å²) in [4.78, 5) is 34.8. The predicted octanol–water partition coefficient (Wildman–Crippen LogP) is 2.19. The fraction of sp³-hybridized carbons (Fsp3) is 0.385. The van der Waals surface area contributed by atoms with E-state index in [1.807, 2.05) is 0 Å². The fourth-order valence-corrected chi connectivity index (χ4v) is 2.58. The van der Waals surface area contributed by atoms with Gasteiger partial charge in [0.1, 0.15) is 5.02 Å². The number of nitrogens with zero attached hydrogens (tertiary/aromatic N) is 2. The highest BCUT2D eigenvalue weighted by molar-refractivity contribution is 6.33. The molecule has 0 aliphatic carbocycles. The number of rotatable bonds is 3. The number of carbonyl (C=O) groups is 2. The third kappa shape index (κ3) is 3.30. The summed E-state index contributed by atoms with van der Waals surface area (Å²) in [5.74, 6) is -1.86. The molecule has 1 atom stereocenters. The van der Waals surface area contributed by atoms with Crippen molar-refractivity contribution in [1.29, 1.82) is 0 Å². The third-order valence-electron chi connectivity index (χ3n) is 3.45. The van der Waals surface area contributed by atoms with Crippen LogP contribution in [0.1, 0.15) is 23.2 Å². The van der Waals surface area contributed by atoms with Crippen LogP contribution < -0.4 is 0 Å². The Bertz CT molecular complexity index is 604. The molecular weight excluding hydrogens is 300 g/mol. The van der Waals surface area contributed by atoms with Crippen molar-refractivity contribution in [3.63, 3.8) is 0 Å². The molecule has 2 rings (SSSR count). The third-order valence-corrected chi connectivity index (χ3v) is 3.75. The highest BCUT2D eigenvalue weighted by Crippen LogP contribution is 2.26. The zero-order valence-corrected chi connectivity index (χ0v) is 11.7. The molecule has 1 amide bonds. The Labute approximate surface area is 125 Å². The van der Waals surface area contributed by atoms with E-state index in [1.165, 1.54) is 23.1 Å². The highest BCUT2D eigenvalue weighted by Gasteiger charge is 2.29. The van der Waals surface area contributed by atoms with Gasteiger partial charge in [-0.05, 0) is 25.0 Å². The first kappa shape index (κ1) is 15.2. The maximum Gasteiger partial charge on any atom is 0.308 e. The maximum absolute atomic E-state index is 12.3. The zero-order chi connectivity index (χ0) is 15.6. The molecular formula is C13H13ClN2O5. The molecule has 1 heterocycles. The van der Waals surface area contributed by atoms with Gasteiger partial charge in [-0.15, -0.1) is 0 Å². The summed E-state index contributed by atoms with van der Waals surface area (Å²) in [6, 6.07) is 3.75. The summed E-state index contributed by atoms with van der Waals surface area (Å²) in [5.41, 5.74) is -0.0492. The fourth-order valence-electron chi connectivity index (χ4n) is 2.33. The number of benzene rings is 1. The quantitative estimate of drug-likeness (QED) is 0.681. The smallest absolute Gasteiger partial charge is 0.308 e. The summed E-state index contributed by atoms with van der Waals surface area (Å²) < 4.78 is 0. The number of amides is 1. The predicted molar refractivity (Wildman–Crippen MR) is 74.4 cm³/mol. The summed E-state index contributed by atoms with van der Waals surface area (Å²) in [5, 5.41) is 19.6.